The number of esters is 1. The van der Waals surface area contributed by atoms with E-state index in [0.717, 1.165) is 0 Å². The van der Waals surface area contributed by atoms with Crippen LogP contribution in [0.2, 0.25) is 0 Å². The third-order valence-corrected chi connectivity index (χ3v) is 9.73. The summed E-state index contributed by atoms with van der Waals surface area (Å²) in [6.45, 7) is 5.99. The van der Waals surface area contributed by atoms with Gasteiger partial charge in [0.15, 0.2) is 0 Å². The standard InChI is InChI=1S/C32H57N3O17/c1-5-18-25(42)22(39)16(3)29(47-18)51-31(45)33-8-11-35(10-6-7-21(38)50-28-15(2)23(40)26(43)19(13-36)48-28)12-9-34-32(46)52-30-17(4)24(41)27(44)20(14-37)49-30/h15-20,22-30,36-37,39-44H,5-14H2,1-4H3,(H,33,45)(H,34,46)/t15?,16?,17?,18-,19?,20-,22?,23-,24?,25-,26-,27-,28-,29-,30-/m1/s1. The van der Waals surface area contributed by atoms with Crippen LogP contribution in [0.15, 0.2) is 0 Å². The van der Waals surface area contributed by atoms with Gasteiger partial charge in [0.2, 0.25) is 18.9 Å². The number of amides is 2. The van der Waals surface area contributed by atoms with E-state index in [1.54, 1.807) is 13.8 Å². The van der Waals surface area contributed by atoms with E-state index in [9.17, 15) is 55.2 Å². The van der Waals surface area contributed by atoms with Gasteiger partial charge in [-0.15, -0.1) is 0 Å². The normalized spacial score (nSPS) is 38.0. The molecule has 0 aromatic rings. The molecule has 3 fully saturated rings. The van der Waals surface area contributed by atoms with Crippen molar-refractivity contribution in [1.29, 1.82) is 0 Å². The number of carbonyl (C=O) groups is 3. The van der Waals surface area contributed by atoms with E-state index in [0.29, 0.717) is 6.42 Å². The molecule has 6 unspecified atom stereocenters. The first-order valence-electron chi connectivity index (χ1n) is 17.7. The average molecular weight is 756 g/mol. The Morgan fingerprint density at radius 3 is 1.38 bits per heavy atom. The summed E-state index contributed by atoms with van der Waals surface area (Å²) in [5.74, 6) is -2.91. The molecule has 0 radical (unpaired) electrons. The van der Waals surface area contributed by atoms with Crippen molar-refractivity contribution in [3.8, 4) is 0 Å². The summed E-state index contributed by atoms with van der Waals surface area (Å²) in [5, 5.41) is 85.0. The Kier molecular flexibility index (Phi) is 17.6. The van der Waals surface area contributed by atoms with Crippen LogP contribution in [0.25, 0.3) is 0 Å². The van der Waals surface area contributed by atoms with Crippen molar-refractivity contribution in [2.75, 3.05) is 45.9 Å². The highest BCUT2D eigenvalue weighted by atomic mass is 16.7. The zero-order valence-electron chi connectivity index (χ0n) is 29.9. The lowest BCUT2D eigenvalue weighted by molar-refractivity contribution is -0.274. The fraction of sp³-hybridized carbons (Fsp3) is 0.906. The zero-order valence-corrected chi connectivity index (χ0v) is 29.9. The molecule has 3 rings (SSSR count). The van der Waals surface area contributed by atoms with Crippen LogP contribution in [-0.4, -0.2) is 184 Å². The van der Waals surface area contributed by atoms with Crippen molar-refractivity contribution in [3.05, 3.63) is 0 Å². The van der Waals surface area contributed by atoms with Gasteiger partial charge in [-0.3, -0.25) is 9.69 Å². The number of nitrogens with zero attached hydrogens (tertiary/aromatic N) is 1. The Morgan fingerprint density at radius 1 is 0.596 bits per heavy atom. The lowest BCUT2D eigenvalue weighted by atomic mass is 9.91. The van der Waals surface area contributed by atoms with Gasteiger partial charge in [0.25, 0.3) is 0 Å². The fourth-order valence-electron chi connectivity index (χ4n) is 6.15. The van der Waals surface area contributed by atoms with Crippen molar-refractivity contribution < 1.29 is 83.7 Å². The highest BCUT2D eigenvalue weighted by Gasteiger charge is 2.45. The van der Waals surface area contributed by atoms with Gasteiger partial charge in [-0.05, 0) is 19.4 Å². The van der Waals surface area contributed by atoms with Gasteiger partial charge in [-0.1, -0.05) is 27.7 Å². The lowest BCUT2D eigenvalue weighted by Gasteiger charge is -2.40. The van der Waals surface area contributed by atoms with Gasteiger partial charge in [-0.25, -0.2) is 9.59 Å². The molecule has 0 aromatic heterocycles. The minimum atomic E-state index is -1.36. The second-order valence-corrected chi connectivity index (χ2v) is 13.5. The second-order valence-electron chi connectivity index (χ2n) is 13.5. The van der Waals surface area contributed by atoms with Gasteiger partial charge in [-0.2, -0.15) is 0 Å². The summed E-state index contributed by atoms with van der Waals surface area (Å²) >= 11 is 0. The molecule has 3 aliphatic rings. The first-order valence-corrected chi connectivity index (χ1v) is 17.7. The number of hydrogen-bond acceptors (Lipinski definition) is 18. The Labute approximate surface area is 301 Å². The summed E-state index contributed by atoms with van der Waals surface area (Å²) in [4.78, 5) is 39.6. The van der Waals surface area contributed by atoms with Crippen LogP contribution in [0.1, 0.15) is 47.0 Å². The third-order valence-electron chi connectivity index (χ3n) is 9.73. The first kappa shape index (κ1) is 43.9. The molecule has 3 saturated heterocycles. The van der Waals surface area contributed by atoms with Crippen LogP contribution in [0.4, 0.5) is 9.59 Å². The monoisotopic (exact) mass is 755 g/mol. The first-order chi connectivity index (χ1) is 24.6. The average Bonchev–Trinajstić information content (AvgIpc) is 3.12. The number of alkyl carbamates (subject to hydrolysis) is 2. The molecule has 20 heteroatoms. The van der Waals surface area contributed by atoms with E-state index < -0.39 is 123 Å². The number of hydrogen-bond donors (Lipinski definition) is 10. The van der Waals surface area contributed by atoms with Crippen molar-refractivity contribution in [2.24, 2.45) is 17.8 Å². The maximum Gasteiger partial charge on any atom is 0.409 e. The molecule has 0 spiro atoms. The molecule has 3 heterocycles. The summed E-state index contributed by atoms with van der Waals surface area (Å²) in [6, 6.07) is 0. The summed E-state index contributed by atoms with van der Waals surface area (Å²) < 4.78 is 32.5. The Balaban J connectivity index is 1.52. The van der Waals surface area contributed by atoms with E-state index in [1.165, 1.54) is 13.8 Å². The van der Waals surface area contributed by atoms with Crippen LogP contribution >= 0.6 is 0 Å². The number of ether oxygens (including phenoxy) is 6. The van der Waals surface area contributed by atoms with E-state index in [2.05, 4.69) is 10.6 Å². The molecule has 0 aliphatic carbocycles. The number of nitrogens with one attached hydrogen (secondary N) is 2. The molecule has 0 bridgehead atoms. The fourth-order valence-corrected chi connectivity index (χ4v) is 6.15. The predicted molar refractivity (Wildman–Crippen MR) is 175 cm³/mol. The minimum Gasteiger partial charge on any atom is -0.435 e. The molecule has 0 aromatic carbocycles. The molecule has 10 N–H and O–H groups in total. The Bertz CT molecular complexity index is 985. The topological polar surface area (TPSA) is 296 Å². The SMILES string of the molecule is CC[C@H]1O[C@H](OC(=O)NCCN(CCCC(=O)O[C@H]2OC(CO)[C@@H](O)[C@H](O)C2C)CCNC(=O)O[C@H]2O[C@H](CO)[C@@H](O)C(O)C2C)C(C)C(O)[C@@H]1O. The molecule has 52 heavy (non-hydrogen) atoms. The van der Waals surface area contributed by atoms with Gasteiger partial charge >= 0.3 is 18.2 Å². The molecule has 302 valence electrons. The second kappa shape index (κ2) is 20.8. The molecule has 15 atom stereocenters. The van der Waals surface area contributed by atoms with Crippen LogP contribution in [0.5, 0.6) is 0 Å². The van der Waals surface area contributed by atoms with Crippen molar-refractivity contribution >= 4 is 18.2 Å². The van der Waals surface area contributed by atoms with E-state index in [-0.39, 0.29) is 45.6 Å². The molecule has 2 amide bonds. The van der Waals surface area contributed by atoms with Crippen molar-refractivity contribution in [2.45, 2.75) is 121 Å². The summed E-state index contributed by atoms with van der Waals surface area (Å²) in [7, 11) is 0. The van der Waals surface area contributed by atoms with E-state index in [4.69, 9.17) is 28.4 Å². The smallest absolute Gasteiger partial charge is 0.409 e. The summed E-state index contributed by atoms with van der Waals surface area (Å²) in [6.07, 6.45) is -15.2. The number of aliphatic hydroxyl groups excluding tert-OH is 8. The van der Waals surface area contributed by atoms with Gasteiger partial charge in [0.1, 0.15) is 30.5 Å². The quantitative estimate of drug-likeness (QED) is 0.0545. The van der Waals surface area contributed by atoms with E-state index >= 15 is 0 Å². The maximum atomic E-state index is 12.7. The molecule has 3 aliphatic heterocycles. The number of rotatable bonds is 16. The number of carbonyl (C=O) groups excluding carboxylic acids is 3. The molecular formula is C32H57N3O17. The molecule has 20 nitrogen and oxygen atoms in total. The zero-order chi connectivity index (χ0) is 38.7. The minimum absolute atomic E-state index is 0.0334. The Morgan fingerprint density at radius 2 is 0.981 bits per heavy atom. The number of aliphatic hydroxyl groups is 8. The highest BCUT2D eigenvalue weighted by molar-refractivity contribution is 5.69. The van der Waals surface area contributed by atoms with Gasteiger partial charge < -0.3 is 79.9 Å². The largest absolute Gasteiger partial charge is 0.435 e. The predicted octanol–water partition coefficient (Wildman–Crippen LogP) is -3.29. The summed E-state index contributed by atoms with van der Waals surface area (Å²) in [5.41, 5.74) is 0. The van der Waals surface area contributed by atoms with Crippen molar-refractivity contribution in [3.63, 3.8) is 0 Å². The molecule has 0 saturated carbocycles. The maximum absolute atomic E-state index is 12.7. The van der Waals surface area contributed by atoms with Gasteiger partial charge in [0, 0.05) is 50.4 Å². The van der Waals surface area contributed by atoms with Gasteiger partial charge in [0.05, 0.1) is 37.6 Å². The van der Waals surface area contributed by atoms with Crippen LogP contribution in [-0.2, 0) is 33.2 Å². The van der Waals surface area contributed by atoms with Crippen LogP contribution in [0, 0.1) is 17.8 Å². The van der Waals surface area contributed by atoms with Crippen molar-refractivity contribution in [1.82, 2.24) is 15.5 Å². The molecular weight excluding hydrogens is 698 g/mol. The van der Waals surface area contributed by atoms with Crippen LogP contribution in [0.3, 0.4) is 0 Å². The Hall–Kier alpha value is -2.47. The highest BCUT2D eigenvalue weighted by Crippen LogP contribution is 2.29. The van der Waals surface area contributed by atoms with Crippen LogP contribution < -0.4 is 10.6 Å². The van der Waals surface area contributed by atoms with E-state index in [1.807, 2.05) is 4.90 Å². The third kappa shape index (κ3) is 11.8. The lowest BCUT2D eigenvalue weighted by Crippen LogP contribution is -2.56.